The fourth-order valence-corrected chi connectivity index (χ4v) is 4.16. The molecule has 3 heterocycles. The lowest BCUT2D eigenvalue weighted by atomic mass is 10.0. The van der Waals surface area contributed by atoms with E-state index in [0.29, 0.717) is 6.54 Å². The van der Waals surface area contributed by atoms with Crippen LogP contribution < -0.4 is 19.7 Å². The molecule has 0 bridgehead atoms. The van der Waals surface area contributed by atoms with Gasteiger partial charge in [-0.3, -0.25) is 4.98 Å². The highest BCUT2D eigenvalue weighted by Crippen LogP contribution is 2.35. The number of H-pyrrole nitrogens is 1. The second-order valence-corrected chi connectivity index (χ2v) is 7.98. The highest BCUT2D eigenvalue weighted by atomic mass is 16.5. The van der Waals surface area contributed by atoms with Gasteiger partial charge in [0.2, 0.25) is 0 Å². The molecule has 0 radical (unpaired) electrons. The summed E-state index contributed by atoms with van der Waals surface area (Å²) in [5, 5.41) is 4.47. The van der Waals surface area contributed by atoms with Gasteiger partial charge in [0.15, 0.2) is 0 Å². The van der Waals surface area contributed by atoms with E-state index in [1.54, 1.807) is 20.4 Å². The Bertz CT molecular complexity index is 1260. The molecular weight excluding hydrogens is 414 g/mol. The molecule has 2 aromatic heterocycles. The molecule has 7 heteroatoms. The minimum Gasteiger partial charge on any atom is -0.497 e. The zero-order valence-corrected chi connectivity index (χ0v) is 18.8. The van der Waals surface area contributed by atoms with Crippen molar-refractivity contribution in [1.29, 1.82) is 0 Å². The van der Waals surface area contributed by atoms with Gasteiger partial charge in [-0.15, -0.1) is 0 Å². The van der Waals surface area contributed by atoms with E-state index >= 15 is 0 Å². The molecule has 1 aliphatic rings. The maximum Gasteiger partial charge on any atom is 0.126 e. The first-order valence-electron chi connectivity index (χ1n) is 11.0. The van der Waals surface area contributed by atoms with Crippen molar-refractivity contribution in [2.75, 3.05) is 32.2 Å². The molecule has 5 rings (SSSR count). The topological polar surface area (TPSA) is 75.3 Å². The van der Waals surface area contributed by atoms with Gasteiger partial charge in [-0.25, -0.2) is 4.98 Å². The second kappa shape index (κ2) is 9.34. The van der Waals surface area contributed by atoms with Gasteiger partial charge < -0.3 is 24.7 Å². The van der Waals surface area contributed by atoms with Crippen molar-refractivity contribution in [3.8, 4) is 11.5 Å². The van der Waals surface area contributed by atoms with Crippen LogP contribution in [0.3, 0.4) is 0 Å². The molecule has 0 atom stereocenters. The highest BCUT2D eigenvalue weighted by Gasteiger charge is 2.16. The SMILES string of the molecule is COc1cc(OC)cc(N(Cc2ncc[nH]2)c2ccc3ncc(C4=CCNCC4)cc3c2)c1. The van der Waals surface area contributed by atoms with Gasteiger partial charge in [0.1, 0.15) is 17.3 Å². The van der Waals surface area contributed by atoms with Crippen LogP contribution in [0, 0.1) is 0 Å². The quantitative estimate of drug-likeness (QED) is 0.433. The number of anilines is 2. The van der Waals surface area contributed by atoms with Crippen molar-refractivity contribution in [3.05, 3.63) is 78.5 Å². The average molecular weight is 442 g/mol. The lowest BCUT2D eigenvalue weighted by molar-refractivity contribution is 0.394. The van der Waals surface area contributed by atoms with Gasteiger partial charge in [0.25, 0.3) is 0 Å². The predicted octanol–water partition coefficient (Wildman–Crippen LogP) is 4.69. The van der Waals surface area contributed by atoms with Crippen molar-refractivity contribution in [1.82, 2.24) is 20.3 Å². The van der Waals surface area contributed by atoms with E-state index in [1.165, 1.54) is 11.1 Å². The van der Waals surface area contributed by atoms with E-state index < -0.39 is 0 Å². The molecule has 33 heavy (non-hydrogen) atoms. The minimum atomic E-state index is 0.568. The number of pyridine rings is 1. The number of methoxy groups -OCH3 is 2. The van der Waals surface area contributed by atoms with Crippen molar-refractivity contribution in [2.45, 2.75) is 13.0 Å². The molecule has 168 valence electrons. The summed E-state index contributed by atoms with van der Waals surface area (Å²) in [5.74, 6) is 2.33. The minimum absolute atomic E-state index is 0.568. The average Bonchev–Trinajstić information content (AvgIpc) is 3.40. The number of ether oxygens (including phenoxy) is 2. The fourth-order valence-electron chi connectivity index (χ4n) is 4.16. The Kier molecular flexibility index (Phi) is 5.95. The molecule has 0 saturated heterocycles. The zero-order valence-electron chi connectivity index (χ0n) is 18.8. The molecule has 0 saturated carbocycles. The first kappa shape index (κ1) is 21.0. The lowest BCUT2D eigenvalue weighted by Gasteiger charge is -2.25. The molecule has 0 aliphatic carbocycles. The Morgan fingerprint density at radius 1 is 0.970 bits per heavy atom. The highest BCUT2D eigenvalue weighted by molar-refractivity contribution is 5.87. The van der Waals surface area contributed by atoms with E-state index in [4.69, 9.17) is 14.5 Å². The van der Waals surface area contributed by atoms with E-state index in [-0.39, 0.29) is 0 Å². The Balaban J connectivity index is 1.59. The van der Waals surface area contributed by atoms with Crippen molar-refractivity contribution >= 4 is 27.9 Å². The molecule has 7 nitrogen and oxygen atoms in total. The van der Waals surface area contributed by atoms with Crippen LogP contribution in [0.4, 0.5) is 11.4 Å². The molecule has 2 aromatic carbocycles. The number of rotatable bonds is 7. The number of aromatic amines is 1. The number of nitrogens with one attached hydrogen (secondary N) is 2. The number of aromatic nitrogens is 3. The van der Waals surface area contributed by atoms with Crippen molar-refractivity contribution in [2.24, 2.45) is 0 Å². The van der Waals surface area contributed by atoms with Gasteiger partial charge >= 0.3 is 0 Å². The third-order valence-electron chi connectivity index (χ3n) is 5.92. The number of nitrogens with zero attached hydrogens (tertiary/aromatic N) is 3. The predicted molar refractivity (Wildman–Crippen MR) is 131 cm³/mol. The van der Waals surface area contributed by atoms with Gasteiger partial charge in [-0.05, 0) is 48.4 Å². The van der Waals surface area contributed by atoms with Crippen molar-refractivity contribution < 1.29 is 9.47 Å². The summed E-state index contributed by atoms with van der Waals surface area (Å²) in [6, 6.07) is 14.5. The summed E-state index contributed by atoms with van der Waals surface area (Å²) in [6.07, 6.45) is 8.85. The van der Waals surface area contributed by atoms with E-state index in [2.05, 4.69) is 50.5 Å². The van der Waals surface area contributed by atoms with Crippen molar-refractivity contribution in [3.63, 3.8) is 0 Å². The third-order valence-corrected chi connectivity index (χ3v) is 5.92. The first-order chi connectivity index (χ1) is 16.2. The van der Waals surface area contributed by atoms with Crippen LogP contribution in [-0.2, 0) is 6.54 Å². The van der Waals surface area contributed by atoms with Gasteiger partial charge in [0.05, 0.1) is 26.3 Å². The summed E-state index contributed by atoms with van der Waals surface area (Å²) in [4.78, 5) is 14.6. The summed E-state index contributed by atoms with van der Waals surface area (Å²) in [7, 11) is 3.32. The van der Waals surface area contributed by atoms with Crippen LogP contribution in [0.15, 0.2) is 67.1 Å². The lowest BCUT2D eigenvalue weighted by Crippen LogP contribution is -2.20. The van der Waals surface area contributed by atoms with Gasteiger partial charge in [-0.2, -0.15) is 0 Å². The molecule has 1 aliphatic heterocycles. The second-order valence-electron chi connectivity index (χ2n) is 7.98. The fraction of sp³-hybridized carbons (Fsp3) is 0.231. The number of fused-ring (bicyclic) bond motifs is 1. The van der Waals surface area contributed by atoms with E-state index in [1.807, 2.05) is 30.6 Å². The summed E-state index contributed by atoms with van der Waals surface area (Å²) < 4.78 is 11.0. The van der Waals surface area contributed by atoms with E-state index in [0.717, 1.165) is 59.1 Å². The number of hydrogen-bond acceptors (Lipinski definition) is 6. The summed E-state index contributed by atoms with van der Waals surface area (Å²) in [5.41, 5.74) is 5.48. The Hall–Kier alpha value is -3.84. The summed E-state index contributed by atoms with van der Waals surface area (Å²) in [6.45, 7) is 2.47. The Morgan fingerprint density at radius 2 is 1.82 bits per heavy atom. The molecule has 0 unspecified atom stereocenters. The molecule has 4 aromatic rings. The largest absolute Gasteiger partial charge is 0.497 e. The zero-order chi connectivity index (χ0) is 22.6. The molecule has 0 spiro atoms. The maximum absolute atomic E-state index is 5.52. The van der Waals surface area contributed by atoms with Crippen LogP contribution in [0.5, 0.6) is 11.5 Å². The standard InChI is InChI=1S/C26H27N5O2/c1-32-23-13-22(14-24(15-23)33-2)31(17-26-28-9-10-29-26)21-3-4-25-19(12-21)11-20(16-30-25)18-5-7-27-8-6-18/h3-5,9-16,27H,6-8,17H2,1-2H3,(H,28,29). The van der Waals surface area contributed by atoms with Crippen LogP contribution in [0.2, 0.25) is 0 Å². The smallest absolute Gasteiger partial charge is 0.126 e. The summed E-state index contributed by atoms with van der Waals surface area (Å²) >= 11 is 0. The van der Waals surface area contributed by atoms with Crippen LogP contribution >= 0.6 is 0 Å². The Morgan fingerprint density at radius 3 is 2.52 bits per heavy atom. The molecule has 0 fully saturated rings. The Labute approximate surface area is 193 Å². The van der Waals surface area contributed by atoms with Gasteiger partial charge in [0, 0.05) is 60.1 Å². The number of benzene rings is 2. The maximum atomic E-state index is 5.52. The molecule has 2 N–H and O–H groups in total. The normalized spacial score (nSPS) is 13.6. The van der Waals surface area contributed by atoms with Gasteiger partial charge in [-0.1, -0.05) is 6.08 Å². The first-order valence-corrected chi connectivity index (χ1v) is 11.0. The number of imidazole rings is 1. The van der Waals surface area contributed by atoms with Crippen LogP contribution in [-0.4, -0.2) is 42.3 Å². The monoisotopic (exact) mass is 441 g/mol. The number of hydrogen-bond donors (Lipinski definition) is 2. The molecule has 0 amide bonds. The van der Waals surface area contributed by atoms with Crippen LogP contribution in [0.1, 0.15) is 17.8 Å². The van der Waals surface area contributed by atoms with E-state index in [9.17, 15) is 0 Å². The van der Waals surface area contributed by atoms with Crippen LogP contribution in [0.25, 0.3) is 16.5 Å². The molecular formula is C26H27N5O2. The third kappa shape index (κ3) is 4.54.